The van der Waals surface area contributed by atoms with Crippen LogP contribution in [0.1, 0.15) is 41.0 Å². The number of rotatable bonds is 8. The predicted molar refractivity (Wildman–Crippen MR) is 125 cm³/mol. The van der Waals surface area contributed by atoms with Gasteiger partial charge in [-0.2, -0.15) is 4.52 Å². The monoisotopic (exact) mass is 423 g/mol. The maximum atomic E-state index is 5.64. The van der Waals surface area contributed by atoms with Crippen LogP contribution in [-0.4, -0.2) is 99.4 Å². The lowest BCUT2D eigenvalue weighted by Crippen LogP contribution is -2.33. The third-order valence-corrected chi connectivity index (χ3v) is 12.4. The Balaban J connectivity index is 7.15. The molecule has 0 aliphatic heterocycles. The van der Waals surface area contributed by atoms with Crippen molar-refractivity contribution in [2.24, 2.45) is 14.7 Å². The van der Waals surface area contributed by atoms with Gasteiger partial charge in [0.25, 0.3) is 0 Å². The maximum Gasteiger partial charge on any atom is 0.213 e. The second kappa shape index (κ2) is 9.38. The number of hydrogen-bond donors (Lipinski definition) is 0. The van der Waals surface area contributed by atoms with Crippen LogP contribution >= 0.6 is 15.0 Å². The highest BCUT2D eigenvalue weighted by atomic mass is 31.2. The van der Waals surface area contributed by atoms with Crippen LogP contribution in [0.2, 0.25) is 0 Å². The molecule has 0 saturated heterocycles. The standard InChI is InChI=1S/C18H47N7P2/c1-17(2,3)16-18(4,5)19-26(21(6)7,22(8)9)20-27(23(10)11,24(12)13)25(14)15/h16H2,1-15H3. The molecule has 0 fully saturated rings. The summed E-state index contributed by atoms with van der Waals surface area (Å²) in [5.74, 6) is 0. The van der Waals surface area contributed by atoms with Gasteiger partial charge in [0.2, 0.25) is 7.51 Å². The fraction of sp³-hybridized carbons (Fsp3) is 1.00. The van der Waals surface area contributed by atoms with Crippen molar-refractivity contribution in [3.05, 3.63) is 0 Å². The van der Waals surface area contributed by atoms with Gasteiger partial charge in [0.15, 0.2) is 7.51 Å². The third kappa shape index (κ3) is 6.64. The first-order valence-corrected chi connectivity index (χ1v) is 12.7. The van der Waals surface area contributed by atoms with Gasteiger partial charge in [-0.25, -0.2) is 14.1 Å². The van der Waals surface area contributed by atoms with Gasteiger partial charge in [-0.05, 0) is 96.2 Å². The van der Waals surface area contributed by atoms with E-state index >= 15 is 0 Å². The van der Waals surface area contributed by atoms with Crippen molar-refractivity contribution in [2.45, 2.75) is 46.6 Å². The van der Waals surface area contributed by atoms with E-state index < -0.39 is 15.0 Å². The SMILES string of the molecule is CN(C)P(=NC(C)(C)CC(C)(C)C)(N=P(N(C)C)(N(C)C)N(C)C)N(C)C. The molecule has 0 aliphatic carbocycles. The van der Waals surface area contributed by atoms with E-state index in [0.29, 0.717) is 0 Å². The average Bonchev–Trinajstić information content (AvgIpc) is 2.38. The summed E-state index contributed by atoms with van der Waals surface area (Å²) in [5.41, 5.74) is 0.0306. The molecule has 0 spiro atoms. The molecular formula is C18H47N7P2. The topological polar surface area (TPSA) is 40.9 Å². The lowest BCUT2D eigenvalue weighted by molar-refractivity contribution is 0.287. The second-order valence-corrected chi connectivity index (χ2v) is 17.1. The van der Waals surface area contributed by atoms with E-state index in [4.69, 9.17) is 9.26 Å². The second-order valence-electron chi connectivity index (χ2n) is 10.0. The minimum Gasteiger partial charge on any atom is -0.252 e. The molecule has 0 saturated carbocycles. The highest BCUT2D eigenvalue weighted by Crippen LogP contribution is 2.68. The minimum atomic E-state index is -2.29. The van der Waals surface area contributed by atoms with Crippen LogP contribution < -0.4 is 0 Å². The molecule has 27 heavy (non-hydrogen) atoms. The lowest BCUT2D eigenvalue weighted by atomic mass is 9.82. The molecule has 0 N–H and O–H groups in total. The lowest BCUT2D eigenvalue weighted by Gasteiger charge is -2.45. The van der Waals surface area contributed by atoms with Crippen molar-refractivity contribution in [2.75, 3.05) is 70.5 Å². The molecule has 0 aromatic heterocycles. The normalized spacial score (nSPS) is 14.8. The molecule has 0 amide bonds. The zero-order chi connectivity index (χ0) is 22.0. The van der Waals surface area contributed by atoms with Crippen LogP contribution in [-0.2, 0) is 0 Å². The molecule has 0 aromatic rings. The summed E-state index contributed by atoms with van der Waals surface area (Å²) in [7, 11) is 16.8. The van der Waals surface area contributed by atoms with Crippen LogP contribution in [0.15, 0.2) is 9.26 Å². The van der Waals surface area contributed by atoms with E-state index in [0.717, 1.165) is 6.42 Å². The highest BCUT2D eigenvalue weighted by molar-refractivity contribution is 7.71. The summed E-state index contributed by atoms with van der Waals surface area (Å²) in [6, 6.07) is 0. The molecule has 0 heterocycles. The first-order valence-electron chi connectivity index (χ1n) is 9.50. The van der Waals surface area contributed by atoms with Crippen LogP contribution in [0.3, 0.4) is 0 Å². The zero-order valence-corrected chi connectivity index (χ0v) is 22.5. The molecule has 0 radical (unpaired) electrons. The Kier molecular flexibility index (Phi) is 9.47. The summed E-state index contributed by atoms with van der Waals surface area (Å²) in [4.78, 5) is 0. The molecule has 0 aromatic carbocycles. The molecule has 0 unspecified atom stereocenters. The van der Waals surface area contributed by atoms with E-state index in [9.17, 15) is 0 Å². The Hall–Kier alpha value is 0.260. The van der Waals surface area contributed by atoms with E-state index in [1.54, 1.807) is 0 Å². The molecular weight excluding hydrogens is 376 g/mol. The predicted octanol–water partition coefficient (Wildman–Crippen LogP) is 4.90. The van der Waals surface area contributed by atoms with Crippen LogP contribution in [0, 0.1) is 5.41 Å². The number of nitrogens with zero attached hydrogens (tertiary/aromatic N) is 7. The Labute approximate surface area is 170 Å². The Morgan fingerprint density at radius 3 is 1.15 bits per heavy atom. The van der Waals surface area contributed by atoms with Gasteiger partial charge in [0.05, 0.1) is 5.54 Å². The smallest absolute Gasteiger partial charge is 0.213 e. The van der Waals surface area contributed by atoms with Gasteiger partial charge in [-0.15, -0.1) is 0 Å². The van der Waals surface area contributed by atoms with Crippen molar-refractivity contribution < 1.29 is 0 Å². The molecule has 0 bridgehead atoms. The fourth-order valence-electron chi connectivity index (χ4n) is 3.89. The van der Waals surface area contributed by atoms with E-state index in [-0.39, 0.29) is 11.0 Å². The summed E-state index contributed by atoms with van der Waals surface area (Å²) in [5, 5.41) is 0. The van der Waals surface area contributed by atoms with Crippen LogP contribution in [0.25, 0.3) is 0 Å². The molecule has 7 nitrogen and oxygen atoms in total. The summed E-state index contributed by atoms with van der Waals surface area (Å²) in [6.45, 7) is 11.3. The van der Waals surface area contributed by atoms with Gasteiger partial charge in [0, 0.05) is 0 Å². The average molecular weight is 424 g/mol. The molecule has 164 valence electrons. The van der Waals surface area contributed by atoms with Crippen molar-refractivity contribution in [1.29, 1.82) is 0 Å². The quantitative estimate of drug-likeness (QED) is 0.519. The molecule has 0 aliphatic rings. The zero-order valence-electron chi connectivity index (χ0n) is 20.7. The van der Waals surface area contributed by atoms with Gasteiger partial charge >= 0.3 is 0 Å². The minimum absolute atomic E-state index is 0.176. The van der Waals surface area contributed by atoms with Crippen LogP contribution in [0.4, 0.5) is 0 Å². The molecule has 0 atom stereocenters. The summed E-state index contributed by atoms with van der Waals surface area (Å²) >= 11 is 0. The first-order chi connectivity index (χ1) is 11.8. The van der Waals surface area contributed by atoms with E-state index in [1.165, 1.54) is 0 Å². The molecule has 0 rings (SSSR count). The summed E-state index contributed by atoms with van der Waals surface area (Å²) < 4.78 is 22.4. The van der Waals surface area contributed by atoms with Crippen molar-refractivity contribution in [3.63, 3.8) is 0 Å². The molecule has 9 heteroatoms. The van der Waals surface area contributed by atoms with Crippen molar-refractivity contribution >= 4 is 15.0 Å². The van der Waals surface area contributed by atoms with E-state index in [2.05, 4.69) is 128 Å². The summed E-state index contributed by atoms with van der Waals surface area (Å²) in [6.07, 6.45) is 1.01. The Bertz CT molecular complexity index is 544. The highest BCUT2D eigenvalue weighted by Gasteiger charge is 2.38. The van der Waals surface area contributed by atoms with Crippen LogP contribution in [0.5, 0.6) is 0 Å². The fourth-order valence-corrected chi connectivity index (χ4v) is 12.6. The third-order valence-electron chi connectivity index (χ3n) is 4.29. The van der Waals surface area contributed by atoms with Gasteiger partial charge in [0.1, 0.15) is 0 Å². The van der Waals surface area contributed by atoms with Crippen molar-refractivity contribution in [3.8, 4) is 0 Å². The van der Waals surface area contributed by atoms with Crippen molar-refractivity contribution in [1.82, 2.24) is 23.4 Å². The first kappa shape index (κ1) is 27.3. The number of hydrogen-bond acceptors (Lipinski definition) is 1. The van der Waals surface area contributed by atoms with Gasteiger partial charge in [-0.3, -0.25) is 14.0 Å². The van der Waals surface area contributed by atoms with Gasteiger partial charge < -0.3 is 0 Å². The largest absolute Gasteiger partial charge is 0.252 e. The Morgan fingerprint density at radius 2 is 0.926 bits per heavy atom. The van der Waals surface area contributed by atoms with E-state index in [1.807, 2.05) is 0 Å². The maximum absolute atomic E-state index is 5.64. The van der Waals surface area contributed by atoms with Gasteiger partial charge in [-0.1, -0.05) is 20.8 Å². The Morgan fingerprint density at radius 1 is 0.593 bits per heavy atom.